The van der Waals surface area contributed by atoms with Gasteiger partial charge in [0.25, 0.3) is 11.8 Å². The van der Waals surface area contributed by atoms with Gasteiger partial charge >= 0.3 is 0 Å². The highest BCUT2D eigenvalue weighted by Gasteiger charge is 2.52. The van der Waals surface area contributed by atoms with Crippen molar-refractivity contribution in [3.8, 4) is 0 Å². The van der Waals surface area contributed by atoms with Gasteiger partial charge in [-0.15, -0.1) is 5.10 Å². The molecule has 4 saturated carbocycles. The van der Waals surface area contributed by atoms with Crippen molar-refractivity contribution < 1.29 is 19.2 Å². The zero-order chi connectivity index (χ0) is 28.1. The minimum absolute atomic E-state index is 0.0479. The van der Waals surface area contributed by atoms with Crippen molar-refractivity contribution >= 4 is 35.2 Å². The van der Waals surface area contributed by atoms with Crippen LogP contribution in [0.3, 0.4) is 0 Å². The molecule has 10 nitrogen and oxygen atoms in total. The van der Waals surface area contributed by atoms with E-state index in [4.69, 9.17) is 0 Å². The van der Waals surface area contributed by atoms with Gasteiger partial charge in [0.05, 0.1) is 11.1 Å². The highest BCUT2D eigenvalue weighted by Crippen LogP contribution is 2.55. The molecule has 11 heteroatoms. The molecule has 1 aliphatic heterocycles. The molecular weight excluding hydrogens is 540 g/mol. The van der Waals surface area contributed by atoms with Crippen molar-refractivity contribution in [1.82, 2.24) is 29.7 Å². The minimum atomic E-state index is -1.08. The second-order valence-corrected chi connectivity index (χ2v) is 12.7. The molecule has 1 atom stereocenters. The topological polar surface area (TPSA) is 125 Å². The average Bonchev–Trinajstić information content (AvgIpc) is 3.56. The fourth-order valence-corrected chi connectivity index (χ4v) is 8.41. The first-order chi connectivity index (χ1) is 19.9. The van der Waals surface area contributed by atoms with E-state index < -0.39 is 30.3 Å². The molecule has 41 heavy (non-hydrogen) atoms. The van der Waals surface area contributed by atoms with E-state index in [1.807, 2.05) is 6.07 Å². The van der Waals surface area contributed by atoms with E-state index in [1.54, 1.807) is 48.1 Å². The van der Waals surface area contributed by atoms with Gasteiger partial charge in [0.1, 0.15) is 12.2 Å². The number of carbonyl (C=O) groups is 4. The van der Waals surface area contributed by atoms with Crippen LogP contribution in [0.15, 0.2) is 54.2 Å². The largest absolute Gasteiger partial charge is 0.348 e. The van der Waals surface area contributed by atoms with E-state index in [9.17, 15) is 19.2 Å². The first-order valence-corrected chi connectivity index (χ1v) is 15.0. The molecule has 4 bridgehead atoms. The van der Waals surface area contributed by atoms with Crippen LogP contribution in [0.1, 0.15) is 76.5 Å². The maximum Gasteiger partial charge on any atom is 0.262 e. The highest BCUT2D eigenvalue weighted by molar-refractivity contribution is 7.03. The predicted octanol–water partition coefficient (Wildman–Crippen LogP) is 3.38. The van der Waals surface area contributed by atoms with Gasteiger partial charge in [0.2, 0.25) is 11.8 Å². The predicted molar refractivity (Wildman–Crippen MR) is 148 cm³/mol. The number of nitrogens with zero attached hydrogens (tertiary/aromatic N) is 5. The summed E-state index contributed by atoms with van der Waals surface area (Å²) in [5, 5.41) is 9.30. The van der Waals surface area contributed by atoms with Crippen LogP contribution in [-0.4, -0.2) is 60.1 Å². The lowest BCUT2D eigenvalue weighted by atomic mass is 9.53. The van der Waals surface area contributed by atoms with Gasteiger partial charge in [-0.25, -0.2) is 0 Å². The van der Waals surface area contributed by atoms with E-state index in [0.29, 0.717) is 29.0 Å². The van der Waals surface area contributed by atoms with E-state index >= 15 is 0 Å². The monoisotopic (exact) mass is 570 g/mol. The number of carbonyl (C=O) groups excluding carboxylic acids is 4. The van der Waals surface area contributed by atoms with Gasteiger partial charge in [0.15, 0.2) is 6.04 Å². The smallest absolute Gasteiger partial charge is 0.262 e. The molecule has 0 spiro atoms. The summed E-state index contributed by atoms with van der Waals surface area (Å²) in [6.45, 7) is -0.447. The number of benzene rings is 1. The zero-order valence-electron chi connectivity index (χ0n) is 22.4. The lowest BCUT2D eigenvalue weighted by Gasteiger charge is -2.57. The molecule has 4 aliphatic carbocycles. The molecule has 0 radical (unpaired) electrons. The van der Waals surface area contributed by atoms with Gasteiger partial charge < -0.3 is 10.2 Å². The summed E-state index contributed by atoms with van der Waals surface area (Å²) in [5.41, 5.74) is 1.32. The molecule has 1 aromatic carbocycles. The first kappa shape index (κ1) is 25.9. The number of hydrogen-bond acceptors (Lipinski definition) is 8. The lowest BCUT2D eigenvalue weighted by molar-refractivity contribution is -0.144. The molecule has 2 aromatic heterocycles. The van der Waals surface area contributed by atoms with Crippen LogP contribution < -0.4 is 5.32 Å². The molecule has 4 fully saturated rings. The number of nitrogens with one attached hydrogen (secondary N) is 1. The van der Waals surface area contributed by atoms with Crippen molar-refractivity contribution in [2.45, 2.75) is 56.7 Å². The Morgan fingerprint density at radius 1 is 1.00 bits per heavy atom. The SMILES string of the molecule is O=C(NC12CC3CC(CC(C3)C1)C2)C(c1csnn1)N(Cc1cccnc1)C(=O)CN1C(=O)c2ccccc2C1=O. The van der Waals surface area contributed by atoms with Crippen molar-refractivity contribution in [2.24, 2.45) is 17.8 Å². The maximum absolute atomic E-state index is 14.3. The molecule has 3 heterocycles. The van der Waals surface area contributed by atoms with Gasteiger partial charge in [-0.2, -0.15) is 0 Å². The number of pyridine rings is 1. The van der Waals surface area contributed by atoms with Crippen LogP contribution in [0.25, 0.3) is 0 Å². The number of amides is 4. The van der Waals surface area contributed by atoms with Crippen LogP contribution >= 0.6 is 11.5 Å². The summed E-state index contributed by atoms with van der Waals surface area (Å²) in [7, 11) is 0. The normalized spacial score (nSPS) is 26.6. The quantitative estimate of drug-likeness (QED) is 0.412. The third-order valence-electron chi connectivity index (χ3n) is 9.21. The Kier molecular flexibility index (Phi) is 6.41. The third kappa shape index (κ3) is 4.71. The van der Waals surface area contributed by atoms with Crippen LogP contribution in [0, 0.1) is 17.8 Å². The summed E-state index contributed by atoms with van der Waals surface area (Å²) in [6.07, 6.45) is 9.85. The number of fused-ring (bicyclic) bond motifs is 1. The Hall–Kier alpha value is -3.99. The summed E-state index contributed by atoms with van der Waals surface area (Å²) in [4.78, 5) is 61.1. The highest BCUT2D eigenvalue weighted by atomic mass is 32.1. The molecule has 8 rings (SSSR count). The minimum Gasteiger partial charge on any atom is -0.348 e. The summed E-state index contributed by atoms with van der Waals surface area (Å²) >= 11 is 1.11. The second-order valence-electron chi connectivity index (χ2n) is 12.0. The summed E-state index contributed by atoms with van der Waals surface area (Å²) in [5.74, 6) is -0.00899. The second kappa shape index (κ2) is 10.1. The molecule has 1 N–H and O–H groups in total. The van der Waals surface area contributed by atoms with Gasteiger partial charge in [-0.1, -0.05) is 22.7 Å². The van der Waals surface area contributed by atoms with Gasteiger partial charge in [0, 0.05) is 29.9 Å². The van der Waals surface area contributed by atoms with E-state index in [2.05, 4.69) is 19.9 Å². The van der Waals surface area contributed by atoms with Crippen molar-refractivity contribution in [3.63, 3.8) is 0 Å². The van der Waals surface area contributed by atoms with Crippen LogP contribution in [-0.2, 0) is 16.1 Å². The fraction of sp³-hybridized carbons (Fsp3) is 0.433. The van der Waals surface area contributed by atoms with E-state index in [1.165, 1.54) is 24.2 Å². The average molecular weight is 571 g/mol. The molecule has 4 amide bonds. The maximum atomic E-state index is 14.3. The zero-order valence-corrected chi connectivity index (χ0v) is 23.3. The molecule has 5 aliphatic rings. The van der Waals surface area contributed by atoms with Gasteiger partial charge in [-0.05, 0) is 91.6 Å². The molecule has 0 saturated heterocycles. The Labute approximate surface area is 241 Å². The summed E-state index contributed by atoms with van der Waals surface area (Å²) < 4.78 is 4.00. The molecule has 210 valence electrons. The van der Waals surface area contributed by atoms with Crippen LogP contribution in [0.4, 0.5) is 0 Å². The number of rotatable bonds is 8. The lowest BCUT2D eigenvalue weighted by Crippen LogP contribution is -2.61. The molecule has 1 unspecified atom stereocenters. The standard InChI is InChI=1S/C30H30N6O4S/c37-25(16-36-28(39)22-5-1-2-6-23(22)29(36)40)35(15-18-4-3-7-31-14-18)26(24-17-41-34-33-24)27(38)32-30-11-19-8-20(12-30)10-21(9-19)13-30/h1-7,14,17,19-21,26H,8-13,15-16H2,(H,32,38). The Morgan fingerprint density at radius 3 is 2.22 bits per heavy atom. The number of hydrogen-bond donors (Lipinski definition) is 1. The molecule has 3 aromatic rings. The van der Waals surface area contributed by atoms with Crippen LogP contribution in [0.2, 0.25) is 0 Å². The van der Waals surface area contributed by atoms with Crippen molar-refractivity contribution in [2.75, 3.05) is 6.54 Å². The Morgan fingerprint density at radius 2 is 1.66 bits per heavy atom. The Bertz CT molecular complexity index is 1440. The molecular formula is C30H30N6O4S. The fourth-order valence-electron chi connectivity index (χ4n) is 7.94. The first-order valence-electron chi connectivity index (χ1n) is 14.1. The van der Waals surface area contributed by atoms with Gasteiger partial charge in [-0.3, -0.25) is 29.1 Å². The van der Waals surface area contributed by atoms with E-state index in [0.717, 1.165) is 35.7 Å². The Balaban J connectivity index is 1.21. The number of imide groups is 1. The van der Waals surface area contributed by atoms with Crippen molar-refractivity contribution in [1.29, 1.82) is 0 Å². The van der Waals surface area contributed by atoms with Crippen LogP contribution in [0.5, 0.6) is 0 Å². The number of aromatic nitrogens is 3. The third-order valence-corrected chi connectivity index (χ3v) is 9.73. The van der Waals surface area contributed by atoms with E-state index in [-0.39, 0.29) is 29.1 Å². The summed E-state index contributed by atoms with van der Waals surface area (Å²) in [6, 6.07) is 9.03. The van der Waals surface area contributed by atoms with Crippen molar-refractivity contribution in [3.05, 3.63) is 76.6 Å².